The van der Waals surface area contributed by atoms with Gasteiger partial charge in [-0.2, -0.15) is 5.48 Å². The van der Waals surface area contributed by atoms with Crippen molar-refractivity contribution in [1.29, 1.82) is 0 Å². The highest BCUT2D eigenvalue weighted by molar-refractivity contribution is 8.00. The summed E-state index contributed by atoms with van der Waals surface area (Å²) < 4.78 is 0. The Kier molecular flexibility index (Phi) is 3.45. The molecule has 1 saturated carbocycles. The molecule has 0 heterocycles. The lowest BCUT2D eigenvalue weighted by Crippen LogP contribution is -2.11. The molecule has 1 aromatic rings. The van der Waals surface area contributed by atoms with E-state index in [9.17, 15) is 0 Å². The Morgan fingerprint density at radius 1 is 1.43 bits per heavy atom. The lowest BCUT2D eigenvalue weighted by atomic mass is 10.2. The van der Waals surface area contributed by atoms with Crippen LogP contribution in [0, 0.1) is 0 Å². The van der Waals surface area contributed by atoms with E-state index in [4.69, 9.17) is 4.84 Å². The molecule has 2 rings (SSSR count). The molecule has 0 spiro atoms. The number of hydroxylamine groups is 1. The summed E-state index contributed by atoms with van der Waals surface area (Å²) in [4.78, 5) is 6.25. The third-order valence-electron chi connectivity index (χ3n) is 2.20. The molecule has 2 nitrogen and oxygen atoms in total. The number of nitrogens with one attached hydrogen (secondary N) is 1. The van der Waals surface area contributed by atoms with Crippen LogP contribution in [0.1, 0.15) is 18.4 Å². The van der Waals surface area contributed by atoms with Crippen molar-refractivity contribution in [2.75, 3.05) is 7.11 Å². The fraction of sp³-hybridized carbons (Fsp3) is 0.455. The Labute approximate surface area is 89.0 Å². The highest BCUT2D eigenvalue weighted by Crippen LogP contribution is 2.40. The van der Waals surface area contributed by atoms with Crippen molar-refractivity contribution in [1.82, 2.24) is 5.48 Å². The number of thioether (sulfide) groups is 1. The zero-order valence-corrected chi connectivity index (χ0v) is 9.14. The summed E-state index contributed by atoms with van der Waals surface area (Å²) in [6, 6.07) is 8.51. The summed E-state index contributed by atoms with van der Waals surface area (Å²) in [6.07, 6.45) is 2.74. The molecular formula is C11H15NOS. The molecule has 76 valence electrons. The topological polar surface area (TPSA) is 21.3 Å². The Hall–Kier alpha value is -0.510. The van der Waals surface area contributed by atoms with E-state index >= 15 is 0 Å². The first-order chi connectivity index (χ1) is 6.90. The van der Waals surface area contributed by atoms with Crippen LogP contribution in [-0.2, 0) is 11.4 Å². The van der Waals surface area contributed by atoms with Crippen molar-refractivity contribution >= 4 is 11.8 Å². The zero-order valence-electron chi connectivity index (χ0n) is 8.32. The van der Waals surface area contributed by atoms with Crippen LogP contribution >= 0.6 is 11.8 Å². The highest BCUT2D eigenvalue weighted by atomic mass is 32.2. The van der Waals surface area contributed by atoms with Gasteiger partial charge in [0.15, 0.2) is 0 Å². The van der Waals surface area contributed by atoms with Crippen LogP contribution in [0.4, 0.5) is 0 Å². The van der Waals surface area contributed by atoms with Gasteiger partial charge in [-0.05, 0) is 24.5 Å². The van der Waals surface area contributed by atoms with E-state index in [1.807, 2.05) is 11.8 Å². The fourth-order valence-electron chi connectivity index (χ4n) is 1.28. The maximum atomic E-state index is 4.86. The first-order valence-electron chi connectivity index (χ1n) is 4.90. The fourth-order valence-corrected chi connectivity index (χ4v) is 2.46. The van der Waals surface area contributed by atoms with Gasteiger partial charge >= 0.3 is 0 Å². The van der Waals surface area contributed by atoms with Crippen LogP contribution < -0.4 is 5.48 Å². The number of hydrogen-bond donors (Lipinski definition) is 1. The smallest absolute Gasteiger partial charge is 0.0572 e. The number of benzene rings is 1. The molecule has 14 heavy (non-hydrogen) atoms. The van der Waals surface area contributed by atoms with Crippen molar-refractivity contribution in [2.45, 2.75) is 29.5 Å². The molecule has 3 heteroatoms. The standard InChI is InChI=1S/C11H15NOS/c1-13-12-8-9-4-2-3-5-11(9)14-10-6-7-10/h2-5,10,12H,6-8H2,1H3. The molecule has 1 N–H and O–H groups in total. The van der Waals surface area contributed by atoms with Crippen LogP contribution in [0.3, 0.4) is 0 Å². The summed E-state index contributed by atoms with van der Waals surface area (Å²) >= 11 is 1.99. The summed E-state index contributed by atoms with van der Waals surface area (Å²) in [6.45, 7) is 0.784. The van der Waals surface area contributed by atoms with Gasteiger partial charge in [-0.25, -0.2) is 0 Å². The monoisotopic (exact) mass is 209 g/mol. The van der Waals surface area contributed by atoms with Crippen molar-refractivity contribution < 1.29 is 4.84 Å². The van der Waals surface area contributed by atoms with Gasteiger partial charge < -0.3 is 4.84 Å². The van der Waals surface area contributed by atoms with Crippen molar-refractivity contribution in [3.05, 3.63) is 29.8 Å². The lowest BCUT2D eigenvalue weighted by Gasteiger charge is -2.08. The molecule has 0 unspecified atom stereocenters. The average molecular weight is 209 g/mol. The molecule has 0 saturated heterocycles. The van der Waals surface area contributed by atoms with Gasteiger partial charge in [-0.15, -0.1) is 11.8 Å². The van der Waals surface area contributed by atoms with Crippen LogP contribution in [0.2, 0.25) is 0 Å². The summed E-state index contributed by atoms with van der Waals surface area (Å²) in [5.74, 6) is 0. The summed E-state index contributed by atoms with van der Waals surface area (Å²) in [5.41, 5.74) is 4.21. The molecule has 0 aromatic heterocycles. The SMILES string of the molecule is CONCc1ccccc1SC1CC1. The summed E-state index contributed by atoms with van der Waals surface area (Å²) in [7, 11) is 1.65. The third-order valence-corrected chi connectivity index (χ3v) is 3.65. The van der Waals surface area contributed by atoms with E-state index in [-0.39, 0.29) is 0 Å². The predicted octanol–water partition coefficient (Wildman–Crippen LogP) is 2.59. The van der Waals surface area contributed by atoms with Gasteiger partial charge in [0, 0.05) is 16.7 Å². The van der Waals surface area contributed by atoms with Crippen LogP contribution in [0.5, 0.6) is 0 Å². The quantitative estimate of drug-likeness (QED) is 0.753. The maximum absolute atomic E-state index is 4.86. The predicted molar refractivity (Wildman–Crippen MR) is 59.2 cm³/mol. The van der Waals surface area contributed by atoms with Crippen LogP contribution in [0.15, 0.2) is 29.2 Å². The molecule has 0 radical (unpaired) electrons. The van der Waals surface area contributed by atoms with Gasteiger partial charge in [-0.3, -0.25) is 0 Å². The zero-order chi connectivity index (χ0) is 9.80. The Morgan fingerprint density at radius 2 is 2.21 bits per heavy atom. The molecule has 1 aliphatic carbocycles. The molecule has 0 aliphatic heterocycles. The van der Waals surface area contributed by atoms with E-state index in [0.717, 1.165) is 11.8 Å². The number of rotatable bonds is 5. The minimum Gasteiger partial charge on any atom is -0.305 e. The van der Waals surface area contributed by atoms with Gasteiger partial charge in [0.2, 0.25) is 0 Å². The Morgan fingerprint density at radius 3 is 2.93 bits per heavy atom. The van der Waals surface area contributed by atoms with E-state index in [1.165, 1.54) is 23.3 Å². The van der Waals surface area contributed by atoms with Crippen LogP contribution in [-0.4, -0.2) is 12.4 Å². The van der Waals surface area contributed by atoms with E-state index in [0.29, 0.717) is 0 Å². The van der Waals surface area contributed by atoms with E-state index < -0.39 is 0 Å². The lowest BCUT2D eigenvalue weighted by molar-refractivity contribution is 0.0862. The molecule has 1 fully saturated rings. The molecule has 0 atom stereocenters. The number of hydrogen-bond acceptors (Lipinski definition) is 3. The average Bonchev–Trinajstić information content (AvgIpc) is 3.01. The Balaban J connectivity index is 2.02. The molecule has 1 aromatic carbocycles. The van der Waals surface area contributed by atoms with Crippen molar-refractivity contribution in [3.8, 4) is 0 Å². The van der Waals surface area contributed by atoms with Crippen molar-refractivity contribution in [3.63, 3.8) is 0 Å². The molecule has 1 aliphatic rings. The van der Waals surface area contributed by atoms with Crippen molar-refractivity contribution in [2.24, 2.45) is 0 Å². The van der Waals surface area contributed by atoms with Gasteiger partial charge in [0.05, 0.1) is 7.11 Å². The summed E-state index contributed by atoms with van der Waals surface area (Å²) in [5, 5.41) is 0.860. The molecule has 0 bridgehead atoms. The third kappa shape index (κ3) is 2.74. The van der Waals surface area contributed by atoms with Crippen LogP contribution in [0.25, 0.3) is 0 Å². The largest absolute Gasteiger partial charge is 0.305 e. The van der Waals surface area contributed by atoms with Gasteiger partial charge in [0.1, 0.15) is 0 Å². The first kappa shape index (κ1) is 10.0. The van der Waals surface area contributed by atoms with Gasteiger partial charge in [-0.1, -0.05) is 18.2 Å². The second-order valence-electron chi connectivity index (χ2n) is 3.45. The first-order valence-corrected chi connectivity index (χ1v) is 5.78. The second-order valence-corrected chi connectivity index (χ2v) is 4.79. The molecule has 0 amide bonds. The second kappa shape index (κ2) is 4.82. The van der Waals surface area contributed by atoms with Gasteiger partial charge in [0.25, 0.3) is 0 Å². The Bertz CT molecular complexity index is 299. The van der Waals surface area contributed by atoms with E-state index in [1.54, 1.807) is 7.11 Å². The van der Waals surface area contributed by atoms with E-state index in [2.05, 4.69) is 29.7 Å². The highest BCUT2D eigenvalue weighted by Gasteiger charge is 2.23. The molecular weight excluding hydrogens is 194 g/mol. The minimum absolute atomic E-state index is 0.784. The maximum Gasteiger partial charge on any atom is 0.0572 e. The normalized spacial score (nSPS) is 15.8. The minimum atomic E-state index is 0.784.